The number of nitrogens with two attached hydrogens (primary N) is 1. The van der Waals surface area contributed by atoms with Crippen LogP contribution < -0.4 is 5.73 Å². The molecule has 0 radical (unpaired) electrons. The minimum Gasteiger partial charge on any atom is -0.319 e. The molecule has 6 heteroatoms. The minimum atomic E-state index is -0.259. The van der Waals surface area contributed by atoms with Crippen LogP contribution in [0.25, 0.3) is 0 Å². The van der Waals surface area contributed by atoms with Crippen molar-refractivity contribution in [3.8, 4) is 0 Å². The number of aromatic nitrogens is 4. The van der Waals surface area contributed by atoms with E-state index in [9.17, 15) is 0 Å². The Morgan fingerprint density at radius 2 is 1.88 bits per heavy atom. The maximum Gasteiger partial charge on any atom is 0.153 e. The molecule has 0 aliphatic rings. The highest BCUT2D eigenvalue weighted by atomic mass is 79.9. The highest BCUT2D eigenvalue weighted by molar-refractivity contribution is 9.10. The first-order valence-electron chi connectivity index (χ1n) is 5.25. The molecule has 2 N–H and O–H groups in total. The van der Waals surface area contributed by atoms with Crippen LogP contribution in [0.5, 0.6) is 0 Å². The smallest absolute Gasteiger partial charge is 0.153 e. The summed E-state index contributed by atoms with van der Waals surface area (Å²) in [5.41, 5.74) is 10.0. The van der Waals surface area contributed by atoms with Crippen molar-refractivity contribution >= 4 is 15.9 Å². The molecule has 0 amide bonds. The van der Waals surface area contributed by atoms with Crippen molar-refractivity contribution < 1.29 is 0 Å². The van der Waals surface area contributed by atoms with Crippen LogP contribution in [0.3, 0.4) is 0 Å². The standard InChI is InChI=1S/C11H14BrN5/c1-6-4-8(5-7(2)14-6)9(13)10-11(12)15-16-17(10)3/h4-5,9H,13H2,1-3H3. The molecule has 0 saturated carbocycles. The van der Waals surface area contributed by atoms with E-state index in [2.05, 4.69) is 31.2 Å². The molecule has 0 aliphatic carbocycles. The first-order chi connectivity index (χ1) is 7.99. The molecule has 90 valence electrons. The van der Waals surface area contributed by atoms with Gasteiger partial charge in [-0.3, -0.25) is 4.98 Å². The number of pyridine rings is 1. The van der Waals surface area contributed by atoms with E-state index in [1.165, 1.54) is 0 Å². The summed E-state index contributed by atoms with van der Waals surface area (Å²) < 4.78 is 2.36. The van der Waals surface area contributed by atoms with E-state index in [-0.39, 0.29) is 6.04 Å². The molecule has 2 heterocycles. The molecular weight excluding hydrogens is 282 g/mol. The lowest BCUT2D eigenvalue weighted by molar-refractivity contribution is 0.650. The van der Waals surface area contributed by atoms with Gasteiger partial charge in [-0.1, -0.05) is 5.21 Å². The van der Waals surface area contributed by atoms with Gasteiger partial charge in [-0.15, -0.1) is 5.10 Å². The van der Waals surface area contributed by atoms with Gasteiger partial charge < -0.3 is 5.73 Å². The highest BCUT2D eigenvalue weighted by Crippen LogP contribution is 2.25. The van der Waals surface area contributed by atoms with Crippen LogP contribution in [0.1, 0.15) is 28.7 Å². The third kappa shape index (κ3) is 2.37. The van der Waals surface area contributed by atoms with Gasteiger partial charge in [-0.2, -0.15) is 0 Å². The van der Waals surface area contributed by atoms with E-state index in [0.29, 0.717) is 4.60 Å². The van der Waals surface area contributed by atoms with E-state index in [1.807, 2.05) is 33.0 Å². The Labute approximate surface area is 108 Å². The van der Waals surface area contributed by atoms with Crippen LogP contribution in [-0.4, -0.2) is 20.0 Å². The van der Waals surface area contributed by atoms with E-state index in [4.69, 9.17) is 5.73 Å². The van der Waals surface area contributed by atoms with Crippen LogP contribution in [0.2, 0.25) is 0 Å². The number of rotatable bonds is 2. The van der Waals surface area contributed by atoms with Gasteiger partial charge in [-0.25, -0.2) is 4.68 Å². The Morgan fingerprint density at radius 3 is 2.35 bits per heavy atom. The van der Waals surface area contributed by atoms with Crippen molar-refractivity contribution in [2.75, 3.05) is 0 Å². The average molecular weight is 296 g/mol. The second-order valence-electron chi connectivity index (χ2n) is 4.05. The normalized spacial score (nSPS) is 12.8. The lowest BCUT2D eigenvalue weighted by Crippen LogP contribution is -2.17. The van der Waals surface area contributed by atoms with Crippen molar-refractivity contribution in [1.29, 1.82) is 0 Å². The van der Waals surface area contributed by atoms with Crippen molar-refractivity contribution in [3.63, 3.8) is 0 Å². The van der Waals surface area contributed by atoms with Crippen LogP contribution in [0.15, 0.2) is 16.7 Å². The molecule has 0 aromatic carbocycles. The predicted molar refractivity (Wildman–Crippen MR) is 68.4 cm³/mol. The Hall–Kier alpha value is -1.27. The second kappa shape index (κ2) is 4.54. The van der Waals surface area contributed by atoms with Gasteiger partial charge in [-0.05, 0) is 47.5 Å². The summed E-state index contributed by atoms with van der Waals surface area (Å²) in [6.45, 7) is 3.92. The van der Waals surface area contributed by atoms with Crippen LogP contribution in [0, 0.1) is 13.8 Å². The van der Waals surface area contributed by atoms with Crippen molar-refractivity contribution in [2.24, 2.45) is 12.8 Å². The Balaban J connectivity index is 2.47. The van der Waals surface area contributed by atoms with Gasteiger partial charge >= 0.3 is 0 Å². The largest absolute Gasteiger partial charge is 0.319 e. The van der Waals surface area contributed by atoms with E-state index in [0.717, 1.165) is 22.6 Å². The summed E-state index contributed by atoms with van der Waals surface area (Å²) in [5.74, 6) is 0. The molecule has 1 atom stereocenters. The van der Waals surface area contributed by atoms with Gasteiger partial charge in [0, 0.05) is 18.4 Å². The monoisotopic (exact) mass is 295 g/mol. The van der Waals surface area contributed by atoms with Crippen LogP contribution in [0.4, 0.5) is 0 Å². The van der Waals surface area contributed by atoms with E-state index < -0.39 is 0 Å². The fraction of sp³-hybridized carbons (Fsp3) is 0.364. The van der Waals surface area contributed by atoms with Crippen LogP contribution in [-0.2, 0) is 7.05 Å². The minimum absolute atomic E-state index is 0.259. The zero-order valence-electron chi connectivity index (χ0n) is 9.98. The molecule has 0 fully saturated rings. The van der Waals surface area contributed by atoms with Crippen molar-refractivity contribution in [2.45, 2.75) is 19.9 Å². The van der Waals surface area contributed by atoms with Gasteiger partial charge in [0.15, 0.2) is 4.60 Å². The maximum atomic E-state index is 6.24. The lowest BCUT2D eigenvalue weighted by atomic mass is 10.0. The molecule has 1 unspecified atom stereocenters. The molecule has 0 aliphatic heterocycles. The zero-order valence-corrected chi connectivity index (χ0v) is 11.6. The van der Waals surface area contributed by atoms with Gasteiger partial charge in [0.2, 0.25) is 0 Å². The number of aryl methyl sites for hydroxylation is 3. The Kier molecular flexibility index (Phi) is 3.26. The maximum absolute atomic E-state index is 6.24. The number of hydrogen-bond donors (Lipinski definition) is 1. The van der Waals surface area contributed by atoms with Gasteiger partial charge in [0.25, 0.3) is 0 Å². The first kappa shape index (κ1) is 12.2. The third-order valence-electron chi connectivity index (χ3n) is 2.58. The molecule has 0 bridgehead atoms. The zero-order chi connectivity index (χ0) is 12.6. The Bertz CT molecular complexity index is 509. The van der Waals surface area contributed by atoms with Gasteiger partial charge in [0.05, 0.1) is 11.7 Å². The highest BCUT2D eigenvalue weighted by Gasteiger charge is 2.18. The Morgan fingerprint density at radius 1 is 1.29 bits per heavy atom. The van der Waals surface area contributed by atoms with Crippen molar-refractivity contribution in [1.82, 2.24) is 20.0 Å². The molecule has 0 spiro atoms. The molecule has 2 rings (SSSR count). The lowest BCUT2D eigenvalue weighted by Gasteiger charge is -2.13. The predicted octanol–water partition coefficient (Wildman–Crippen LogP) is 1.64. The summed E-state index contributed by atoms with van der Waals surface area (Å²) in [6.07, 6.45) is 0. The summed E-state index contributed by atoms with van der Waals surface area (Å²) in [5, 5.41) is 7.87. The summed E-state index contributed by atoms with van der Waals surface area (Å²) in [4.78, 5) is 4.34. The summed E-state index contributed by atoms with van der Waals surface area (Å²) in [7, 11) is 1.83. The summed E-state index contributed by atoms with van der Waals surface area (Å²) >= 11 is 3.36. The summed E-state index contributed by atoms with van der Waals surface area (Å²) in [6, 6.07) is 3.71. The SMILES string of the molecule is Cc1cc(C(N)c2c(Br)nnn2C)cc(C)n1. The fourth-order valence-electron chi connectivity index (χ4n) is 1.87. The molecule has 17 heavy (non-hydrogen) atoms. The molecule has 0 saturated heterocycles. The average Bonchev–Trinajstić information content (AvgIpc) is 2.56. The topological polar surface area (TPSA) is 69.6 Å². The van der Waals surface area contributed by atoms with Crippen molar-refractivity contribution in [3.05, 3.63) is 39.4 Å². The van der Waals surface area contributed by atoms with Crippen LogP contribution >= 0.6 is 15.9 Å². The second-order valence-corrected chi connectivity index (χ2v) is 4.80. The number of hydrogen-bond acceptors (Lipinski definition) is 4. The molecule has 2 aromatic rings. The molecule has 5 nitrogen and oxygen atoms in total. The quantitative estimate of drug-likeness (QED) is 0.914. The molecule has 2 aromatic heterocycles. The van der Waals surface area contributed by atoms with Gasteiger partial charge in [0.1, 0.15) is 0 Å². The number of halogens is 1. The van der Waals surface area contributed by atoms with E-state index in [1.54, 1.807) is 4.68 Å². The third-order valence-corrected chi connectivity index (χ3v) is 3.15. The number of nitrogens with zero attached hydrogens (tertiary/aromatic N) is 4. The van der Waals surface area contributed by atoms with E-state index >= 15 is 0 Å². The molecular formula is C11H14BrN5. The first-order valence-corrected chi connectivity index (χ1v) is 6.04. The fourth-order valence-corrected chi connectivity index (χ4v) is 2.45.